The van der Waals surface area contributed by atoms with Crippen LogP contribution >= 0.6 is 0 Å². The Balaban J connectivity index is 1.79. The van der Waals surface area contributed by atoms with Gasteiger partial charge in [0.15, 0.2) is 6.29 Å². The fourth-order valence-corrected chi connectivity index (χ4v) is 2.17. The molecule has 1 N–H and O–H groups in total. The smallest absolute Gasteiger partial charge is 0.159 e. The molecular weight excluding hydrogens is 182 g/mol. The Hall–Kier alpha value is -0.160. The molecule has 2 unspecified atom stereocenters. The Morgan fingerprint density at radius 2 is 2.07 bits per heavy atom. The van der Waals surface area contributed by atoms with E-state index in [9.17, 15) is 0 Å². The summed E-state index contributed by atoms with van der Waals surface area (Å²) in [5, 5.41) is 3.33. The molecule has 2 fully saturated rings. The van der Waals surface area contributed by atoms with Gasteiger partial charge in [0.05, 0.1) is 19.8 Å². The van der Waals surface area contributed by atoms with E-state index in [1.165, 1.54) is 0 Å². The molecular formula is C10H19NO3. The van der Waals surface area contributed by atoms with Gasteiger partial charge in [-0.2, -0.15) is 0 Å². The first kappa shape index (κ1) is 10.4. The van der Waals surface area contributed by atoms with Gasteiger partial charge >= 0.3 is 0 Å². The first-order chi connectivity index (χ1) is 6.90. The summed E-state index contributed by atoms with van der Waals surface area (Å²) >= 11 is 0. The minimum absolute atomic E-state index is 0.00644. The summed E-state index contributed by atoms with van der Waals surface area (Å²) in [6, 6.07) is 0.459. The molecule has 0 amide bonds. The van der Waals surface area contributed by atoms with Crippen molar-refractivity contribution in [3.63, 3.8) is 0 Å². The van der Waals surface area contributed by atoms with Crippen molar-refractivity contribution in [2.75, 3.05) is 33.5 Å². The van der Waals surface area contributed by atoms with E-state index in [-0.39, 0.29) is 6.29 Å². The Bertz CT molecular complexity index is 165. The molecule has 0 bridgehead atoms. The van der Waals surface area contributed by atoms with Gasteiger partial charge in [-0.1, -0.05) is 0 Å². The summed E-state index contributed by atoms with van der Waals surface area (Å²) in [7, 11) is 2.00. The van der Waals surface area contributed by atoms with E-state index < -0.39 is 0 Å². The lowest BCUT2D eigenvalue weighted by atomic mass is 9.96. The van der Waals surface area contributed by atoms with Crippen molar-refractivity contribution in [3.05, 3.63) is 0 Å². The van der Waals surface area contributed by atoms with E-state index in [0.29, 0.717) is 12.0 Å². The van der Waals surface area contributed by atoms with Crippen LogP contribution < -0.4 is 5.32 Å². The Kier molecular flexibility index (Phi) is 3.75. The third-order valence-corrected chi connectivity index (χ3v) is 3.04. The molecule has 14 heavy (non-hydrogen) atoms. The third-order valence-electron chi connectivity index (χ3n) is 3.04. The zero-order valence-electron chi connectivity index (χ0n) is 8.70. The van der Waals surface area contributed by atoms with E-state index in [0.717, 1.165) is 39.3 Å². The van der Waals surface area contributed by atoms with Crippen molar-refractivity contribution in [3.8, 4) is 0 Å². The minimum Gasteiger partial charge on any atom is -0.381 e. The van der Waals surface area contributed by atoms with Crippen molar-refractivity contribution < 1.29 is 14.2 Å². The fraction of sp³-hybridized carbons (Fsp3) is 1.00. The van der Waals surface area contributed by atoms with Crippen LogP contribution in [0.3, 0.4) is 0 Å². The van der Waals surface area contributed by atoms with Crippen LogP contribution in [-0.2, 0) is 14.2 Å². The molecule has 82 valence electrons. The molecule has 0 spiro atoms. The Morgan fingerprint density at radius 1 is 1.29 bits per heavy atom. The summed E-state index contributed by atoms with van der Waals surface area (Å²) in [5.41, 5.74) is 0. The van der Waals surface area contributed by atoms with Gasteiger partial charge in [0.1, 0.15) is 0 Å². The quantitative estimate of drug-likeness (QED) is 0.713. The maximum absolute atomic E-state index is 5.44. The molecule has 0 aromatic heterocycles. The number of ether oxygens (including phenoxy) is 3. The summed E-state index contributed by atoms with van der Waals surface area (Å²) in [6.45, 7) is 3.25. The second-order valence-corrected chi connectivity index (χ2v) is 3.93. The van der Waals surface area contributed by atoms with Crippen molar-refractivity contribution in [1.82, 2.24) is 5.32 Å². The average Bonchev–Trinajstić information content (AvgIpc) is 2.86. The number of hydrogen-bond donors (Lipinski definition) is 1. The van der Waals surface area contributed by atoms with Crippen LogP contribution in [0.4, 0.5) is 0 Å². The van der Waals surface area contributed by atoms with Crippen molar-refractivity contribution in [1.29, 1.82) is 0 Å². The second kappa shape index (κ2) is 5.07. The average molecular weight is 201 g/mol. The molecule has 0 aromatic carbocycles. The van der Waals surface area contributed by atoms with E-state index in [4.69, 9.17) is 14.2 Å². The lowest BCUT2D eigenvalue weighted by Crippen LogP contribution is -2.37. The van der Waals surface area contributed by atoms with E-state index >= 15 is 0 Å². The highest BCUT2D eigenvalue weighted by Crippen LogP contribution is 2.22. The normalized spacial score (nSPS) is 31.1. The van der Waals surface area contributed by atoms with Crippen molar-refractivity contribution >= 4 is 0 Å². The topological polar surface area (TPSA) is 39.7 Å². The van der Waals surface area contributed by atoms with Gasteiger partial charge in [-0.3, -0.25) is 0 Å². The molecule has 4 heteroatoms. The Morgan fingerprint density at radius 3 is 2.64 bits per heavy atom. The van der Waals surface area contributed by atoms with Gasteiger partial charge in [-0.25, -0.2) is 0 Å². The fourth-order valence-electron chi connectivity index (χ4n) is 2.17. The largest absolute Gasteiger partial charge is 0.381 e. The van der Waals surface area contributed by atoms with Crippen LogP contribution in [-0.4, -0.2) is 45.8 Å². The van der Waals surface area contributed by atoms with Crippen LogP contribution in [0.1, 0.15) is 12.8 Å². The molecule has 2 heterocycles. The Labute approximate surface area is 84.9 Å². The first-order valence-corrected chi connectivity index (χ1v) is 5.38. The van der Waals surface area contributed by atoms with E-state index in [2.05, 4.69) is 5.32 Å². The molecule has 2 rings (SSSR count). The molecule has 0 saturated carbocycles. The molecule has 2 aliphatic heterocycles. The summed E-state index contributed by atoms with van der Waals surface area (Å²) in [6.07, 6.45) is 2.08. The molecule has 4 nitrogen and oxygen atoms in total. The summed E-state index contributed by atoms with van der Waals surface area (Å²) in [4.78, 5) is 0. The lowest BCUT2D eigenvalue weighted by molar-refractivity contribution is -0.0561. The third kappa shape index (κ3) is 2.45. The highest BCUT2D eigenvalue weighted by Gasteiger charge is 2.28. The van der Waals surface area contributed by atoms with Crippen LogP contribution in [0.25, 0.3) is 0 Å². The van der Waals surface area contributed by atoms with Crippen molar-refractivity contribution in [2.24, 2.45) is 5.92 Å². The zero-order valence-corrected chi connectivity index (χ0v) is 8.70. The SMILES string of the molecule is CNC(CC1OCCO1)C1CCOC1. The van der Waals surface area contributed by atoms with Gasteiger partial charge in [0.2, 0.25) is 0 Å². The standard InChI is InChI=1S/C10H19NO3/c1-11-9(8-2-3-12-7-8)6-10-13-4-5-14-10/h8-11H,2-7H2,1H3. The second-order valence-electron chi connectivity index (χ2n) is 3.93. The maximum Gasteiger partial charge on any atom is 0.159 e. The lowest BCUT2D eigenvalue weighted by Gasteiger charge is -2.23. The van der Waals surface area contributed by atoms with Crippen molar-refractivity contribution in [2.45, 2.75) is 25.2 Å². The van der Waals surface area contributed by atoms with Crippen LogP contribution in [0.15, 0.2) is 0 Å². The first-order valence-electron chi connectivity index (χ1n) is 5.38. The highest BCUT2D eigenvalue weighted by atomic mass is 16.7. The van der Waals surface area contributed by atoms with Crippen LogP contribution in [0, 0.1) is 5.92 Å². The minimum atomic E-state index is -0.00644. The van der Waals surface area contributed by atoms with E-state index in [1.54, 1.807) is 0 Å². The molecule has 2 atom stereocenters. The van der Waals surface area contributed by atoms with Gasteiger partial charge < -0.3 is 19.5 Å². The maximum atomic E-state index is 5.44. The monoisotopic (exact) mass is 201 g/mol. The number of nitrogens with one attached hydrogen (secondary N) is 1. The summed E-state index contributed by atoms with van der Waals surface area (Å²) in [5.74, 6) is 0.618. The van der Waals surface area contributed by atoms with E-state index in [1.807, 2.05) is 7.05 Å². The zero-order chi connectivity index (χ0) is 9.80. The van der Waals surface area contributed by atoms with Gasteiger partial charge in [-0.15, -0.1) is 0 Å². The predicted molar refractivity (Wildman–Crippen MR) is 52.1 cm³/mol. The van der Waals surface area contributed by atoms with Gasteiger partial charge in [0, 0.05) is 19.1 Å². The predicted octanol–water partition coefficient (Wildman–Crippen LogP) is 0.374. The summed E-state index contributed by atoms with van der Waals surface area (Å²) < 4.78 is 16.3. The van der Waals surface area contributed by atoms with Gasteiger partial charge in [0.25, 0.3) is 0 Å². The molecule has 0 radical (unpaired) electrons. The number of rotatable bonds is 4. The molecule has 2 saturated heterocycles. The molecule has 0 aromatic rings. The van der Waals surface area contributed by atoms with Gasteiger partial charge in [-0.05, 0) is 19.4 Å². The number of hydrogen-bond acceptors (Lipinski definition) is 4. The molecule has 2 aliphatic rings. The molecule has 0 aliphatic carbocycles. The van der Waals surface area contributed by atoms with Crippen LogP contribution in [0.2, 0.25) is 0 Å². The van der Waals surface area contributed by atoms with Crippen LogP contribution in [0.5, 0.6) is 0 Å². The highest BCUT2D eigenvalue weighted by molar-refractivity contribution is 4.79.